The molecule has 19 heavy (non-hydrogen) atoms. The molecule has 1 aromatic carbocycles. The van der Waals surface area contributed by atoms with E-state index in [4.69, 9.17) is 0 Å². The summed E-state index contributed by atoms with van der Waals surface area (Å²) in [5, 5.41) is 5.64. The van der Waals surface area contributed by atoms with E-state index in [1.807, 2.05) is 31.2 Å². The molecule has 0 fully saturated rings. The van der Waals surface area contributed by atoms with Gasteiger partial charge in [0.1, 0.15) is 0 Å². The van der Waals surface area contributed by atoms with Crippen molar-refractivity contribution in [3.8, 4) is 0 Å². The van der Waals surface area contributed by atoms with Crippen LogP contribution >= 0.6 is 15.9 Å². The van der Waals surface area contributed by atoms with Crippen molar-refractivity contribution in [1.82, 2.24) is 10.3 Å². The molecule has 0 spiro atoms. The van der Waals surface area contributed by atoms with Gasteiger partial charge in [0.15, 0.2) is 0 Å². The van der Waals surface area contributed by atoms with Crippen LogP contribution in [-0.4, -0.2) is 11.0 Å². The van der Waals surface area contributed by atoms with Crippen LogP contribution in [0.3, 0.4) is 0 Å². The summed E-state index contributed by atoms with van der Waals surface area (Å²) in [5.41, 5.74) is 1.76. The maximum atomic E-state index is 11.8. The second-order valence-electron chi connectivity index (χ2n) is 4.11. The summed E-state index contributed by atoms with van der Waals surface area (Å²) in [6.07, 6.45) is 3.26. The van der Waals surface area contributed by atoms with E-state index in [1.54, 1.807) is 24.5 Å². The summed E-state index contributed by atoms with van der Waals surface area (Å²) in [7, 11) is 0. The van der Waals surface area contributed by atoms with Crippen LogP contribution in [0.25, 0.3) is 0 Å². The third-order valence-corrected chi connectivity index (χ3v) is 3.13. The third-order valence-electron chi connectivity index (χ3n) is 2.63. The molecule has 98 valence electrons. The molecular formula is C14H14BrN3O. The number of carbonyl (C=O) groups excluding carboxylic acids is 1. The first-order chi connectivity index (χ1) is 9.15. The van der Waals surface area contributed by atoms with E-state index in [9.17, 15) is 4.79 Å². The molecule has 5 heteroatoms. The number of anilines is 1. The Bertz CT molecular complexity index is 560. The maximum absolute atomic E-state index is 11.8. The Labute approximate surface area is 120 Å². The Morgan fingerprint density at radius 3 is 2.68 bits per heavy atom. The average molecular weight is 320 g/mol. The van der Waals surface area contributed by atoms with Crippen molar-refractivity contribution in [2.24, 2.45) is 0 Å². The van der Waals surface area contributed by atoms with E-state index in [0.717, 1.165) is 10.0 Å². The molecule has 0 radical (unpaired) electrons. The van der Waals surface area contributed by atoms with Crippen molar-refractivity contribution in [2.45, 2.75) is 13.0 Å². The quantitative estimate of drug-likeness (QED) is 0.905. The molecule has 2 N–H and O–H groups in total. The van der Waals surface area contributed by atoms with Crippen molar-refractivity contribution in [3.63, 3.8) is 0 Å². The third kappa shape index (κ3) is 4.06. The normalized spacial score (nSPS) is 11.7. The van der Waals surface area contributed by atoms with E-state index in [2.05, 4.69) is 31.5 Å². The van der Waals surface area contributed by atoms with Gasteiger partial charge in [-0.1, -0.05) is 28.1 Å². The largest absolute Gasteiger partial charge is 0.331 e. The fourth-order valence-electron chi connectivity index (χ4n) is 1.66. The van der Waals surface area contributed by atoms with E-state index in [1.165, 1.54) is 0 Å². The second-order valence-corrected chi connectivity index (χ2v) is 5.03. The smallest absolute Gasteiger partial charge is 0.319 e. The van der Waals surface area contributed by atoms with Crippen molar-refractivity contribution in [1.29, 1.82) is 0 Å². The molecule has 2 amide bonds. The van der Waals surface area contributed by atoms with Crippen molar-refractivity contribution >= 4 is 27.6 Å². The molecule has 1 atom stereocenters. The average Bonchev–Trinajstić information content (AvgIpc) is 2.39. The molecule has 0 aliphatic carbocycles. The summed E-state index contributed by atoms with van der Waals surface area (Å²) in [6, 6.07) is 11.0. The zero-order chi connectivity index (χ0) is 13.7. The van der Waals surface area contributed by atoms with Crippen LogP contribution in [0.15, 0.2) is 53.3 Å². The molecule has 0 aliphatic rings. The number of hydrogen-bond donors (Lipinski definition) is 2. The predicted molar refractivity (Wildman–Crippen MR) is 78.9 cm³/mol. The number of benzene rings is 1. The number of halogens is 1. The van der Waals surface area contributed by atoms with Gasteiger partial charge in [-0.3, -0.25) is 4.98 Å². The van der Waals surface area contributed by atoms with E-state index < -0.39 is 0 Å². The van der Waals surface area contributed by atoms with Crippen LogP contribution in [0.1, 0.15) is 18.5 Å². The van der Waals surface area contributed by atoms with Gasteiger partial charge in [0.25, 0.3) is 0 Å². The molecular weight excluding hydrogens is 306 g/mol. The van der Waals surface area contributed by atoms with Crippen molar-refractivity contribution < 1.29 is 4.79 Å². The Morgan fingerprint density at radius 2 is 2.00 bits per heavy atom. The monoisotopic (exact) mass is 319 g/mol. The number of amides is 2. The van der Waals surface area contributed by atoms with Crippen LogP contribution in [0, 0.1) is 0 Å². The molecule has 4 nitrogen and oxygen atoms in total. The Hall–Kier alpha value is -1.88. The van der Waals surface area contributed by atoms with Gasteiger partial charge in [0.2, 0.25) is 0 Å². The molecule has 1 unspecified atom stereocenters. The van der Waals surface area contributed by atoms with Crippen LogP contribution in [-0.2, 0) is 0 Å². The first-order valence-corrected chi connectivity index (χ1v) is 6.67. The van der Waals surface area contributed by atoms with Gasteiger partial charge in [-0.2, -0.15) is 0 Å². The minimum absolute atomic E-state index is 0.0701. The molecule has 2 rings (SSSR count). The summed E-state index contributed by atoms with van der Waals surface area (Å²) < 4.78 is 0.994. The molecule has 0 saturated carbocycles. The molecule has 0 saturated heterocycles. The summed E-state index contributed by atoms with van der Waals surface area (Å²) in [4.78, 5) is 15.7. The lowest BCUT2D eigenvalue weighted by Crippen LogP contribution is -2.31. The zero-order valence-electron chi connectivity index (χ0n) is 10.4. The highest BCUT2D eigenvalue weighted by molar-refractivity contribution is 9.10. The highest BCUT2D eigenvalue weighted by Gasteiger charge is 2.09. The summed E-state index contributed by atoms with van der Waals surface area (Å²) in [5.74, 6) is 0. The lowest BCUT2D eigenvalue weighted by atomic mass is 10.1. The van der Waals surface area contributed by atoms with Gasteiger partial charge < -0.3 is 10.6 Å². The number of nitrogens with one attached hydrogen (secondary N) is 2. The molecule has 0 bridgehead atoms. The molecule has 0 aliphatic heterocycles. The van der Waals surface area contributed by atoms with Gasteiger partial charge in [-0.25, -0.2) is 4.79 Å². The number of pyridine rings is 1. The first kappa shape index (κ1) is 13.5. The van der Waals surface area contributed by atoms with Gasteiger partial charge in [-0.05, 0) is 36.8 Å². The van der Waals surface area contributed by atoms with Crippen LogP contribution in [0.5, 0.6) is 0 Å². The summed E-state index contributed by atoms with van der Waals surface area (Å²) in [6.45, 7) is 1.94. The summed E-state index contributed by atoms with van der Waals surface area (Å²) >= 11 is 3.42. The fraction of sp³-hybridized carbons (Fsp3) is 0.143. The second kappa shape index (κ2) is 6.33. The fourth-order valence-corrected chi connectivity index (χ4v) is 2.08. The van der Waals surface area contributed by atoms with Gasteiger partial charge in [0, 0.05) is 22.6 Å². The minimum atomic E-state index is -0.237. The number of nitrogens with zero attached hydrogens (tertiary/aromatic N) is 1. The maximum Gasteiger partial charge on any atom is 0.319 e. The van der Waals surface area contributed by atoms with Crippen LogP contribution < -0.4 is 10.6 Å². The zero-order valence-corrected chi connectivity index (χ0v) is 12.0. The Morgan fingerprint density at radius 1 is 1.26 bits per heavy atom. The topological polar surface area (TPSA) is 54.0 Å². The lowest BCUT2D eigenvalue weighted by molar-refractivity contribution is 0.249. The first-order valence-electron chi connectivity index (χ1n) is 5.88. The molecule has 1 aromatic heterocycles. The van der Waals surface area contributed by atoms with Crippen molar-refractivity contribution in [3.05, 3.63) is 58.8 Å². The van der Waals surface area contributed by atoms with Crippen LogP contribution in [0.2, 0.25) is 0 Å². The number of hydrogen-bond acceptors (Lipinski definition) is 2. The van der Waals surface area contributed by atoms with E-state index in [0.29, 0.717) is 5.69 Å². The molecule has 2 aromatic rings. The van der Waals surface area contributed by atoms with Gasteiger partial charge >= 0.3 is 6.03 Å². The SMILES string of the molecule is CC(NC(=O)Nc1ccncc1)c1cccc(Br)c1. The number of carbonyl (C=O) groups is 1. The van der Waals surface area contributed by atoms with Gasteiger partial charge in [-0.15, -0.1) is 0 Å². The Kier molecular flexibility index (Phi) is 4.52. The number of aromatic nitrogens is 1. The van der Waals surface area contributed by atoms with Crippen molar-refractivity contribution in [2.75, 3.05) is 5.32 Å². The van der Waals surface area contributed by atoms with Crippen LogP contribution in [0.4, 0.5) is 10.5 Å². The van der Waals surface area contributed by atoms with E-state index in [-0.39, 0.29) is 12.1 Å². The minimum Gasteiger partial charge on any atom is -0.331 e. The van der Waals surface area contributed by atoms with E-state index >= 15 is 0 Å². The number of rotatable bonds is 3. The predicted octanol–water partition coefficient (Wildman–Crippen LogP) is 3.73. The number of urea groups is 1. The highest BCUT2D eigenvalue weighted by Crippen LogP contribution is 2.17. The lowest BCUT2D eigenvalue weighted by Gasteiger charge is -2.15. The highest BCUT2D eigenvalue weighted by atomic mass is 79.9. The van der Waals surface area contributed by atoms with Gasteiger partial charge in [0.05, 0.1) is 6.04 Å². The molecule has 1 heterocycles. The Balaban J connectivity index is 1.95. The standard InChI is InChI=1S/C14H14BrN3O/c1-10(11-3-2-4-12(15)9-11)17-14(19)18-13-5-7-16-8-6-13/h2-10H,1H3,(H2,16,17,18,19).